The van der Waals surface area contributed by atoms with Crippen LogP contribution in [0.1, 0.15) is 30.7 Å². The highest BCUT2D eigenvalue weighted by Crippen LogP contribution is 2.47. The van der Waals surface area contributed by atoms with Crippen LogP contribution in [0.15, 0.2) is 63.4 Å². The van der Waals surface area contributed by atoms with Crippen molar-refractivity contribution in [2.45, 2.75) is 29.5 Å². The number of nitrogens with zero attached hydrogens (tertiary/aromatic N) is 4. The van der Waals surface area contributed by atoms with Gasteiger partial charge in [0.25, 0.3) is 0 Å². The monoisotopic (exact) mass is 646 g/mol. The molecule has 41 heavy (non-hydrogen) atoms. The molecule has 3 N–H and O–H groups in total. The van der Waals surface area contributed by atoms with Gasteiger partial charge >= 0.3 is 0 Å². The number of nitrogens with two attached hydrogens (primary N) is 1. The third-order valence-corrected chi connectivity index (χ3v) is 9.64. The van der Waals surface area contributed by atoms with Crippen LogP contribution < -0.4 is 20.7 Å². The first-order chi connectivity index (χ1) is 19.7. The zero-order valence-electron chi connectivity index (χ0n) is 21.4. The smallest absolute Gasteiger partial charge is 0.234 e. The van der Waals surface area contributed by atoms with E-state index in [1.807, 2.05) is 12.1 Å². The first-order valence-electron chi connectivity index (χ1n) is 12.2. The summed E-state index contributed by atoms with van der Waals surface area (Å²) in [7, 11) is 1.57. The number of Topliss-reactive ketones (excluding diaryl/α,β-unsaturated/α-hetero) is 1. The van der Waals surface area contributed by atoms with E-state index in [4.69, 9.17) is 45.3 Å². The number of hydrogen-bond acceptors (Lipinski definition) is 10. The van der Waals surface area contributed by atoms with Crippen LogP contribution in [-0.4, -0.2) is 34.8 Å². The first-order valence-corrected chi connectivity index (χ1v) is 15.2. The molecule has 9 nitrogen and oxygen atoms in total. The minimum Gasteiger partial charge on any atom is -0.497 e. The lowest BCUT2D eigenvalue weighted by atomic mass is 9.76. The van der Waals surface area contributed by atoms with E-state index in [0.717, 1.165) is 5.56 Å². The molecule has 0 fully saturated rings. The Hall–Kier alpha value is -3.27. The average Bonchev–Trinajstić information content (AvgIpc) is 3.43. The number of carbonyl (C=O) groups is 2. The predicted molar refractivity (Wildman–Crippen MR) is 162 cm³/mol. The minimum atomic E-state index is -0.594. The summed E-state index contributed by atoms with van der Waals surface area (Å²) >= 11 is 20.5. The largest absolute Gasteiger partial charge is 0.497 e. The Morgan fingerprint density at radius 2 is 1.93 bits per heavy atom. The topological polar surface area (TPSA) is 134 Å². The molecule has 1 aliphatic carbocycles. The second-order valence-electron chi connectivity index (χ2n) is 9.02. The van der Waals surface area contributed by atoms with Gasteiger partial charge in [-0.1, -0.05) is 70.0 Å². The molecule has 5 rings (SSSR count). The summed E-state index contributed by atoms with van der Waals surface area (Å²) in [4.78, 5) is 27.5. The zero-order chi connectivity index (χ0) is 29.3. The summed E-state index contributed by atoms with van der Waals surface area (Å²) in [6.45, 7) is 0. The molecule has 1 aliphatic heterocycles. The van der Waals surface area contributed by atoms with Crippen LogP contribution >= 0.6 is 57.9 Å². The number of ether oxygens (including phenoxy) is 1. The van der Waals surface area contributed by atoms with E-state index < -0.39 is 5.92 Å². The highest BCUT2D eigenvalue weighted by molar-refractivity contribution is 8.01. The Morgan fingerprint density at radius 1 is 1.20 bits per heavy atom. The van der Waals surface area contributed by atoms with E-state index in [9.17, 15) is 14.9 Å². The van der Waals surface area contributed by atoms with Crippen LogP contribution in [0, 0.1) is 11.3 Å². The maximum atomic E-state index is 13.3. The van der Waals surface area contributed by atoms with Crippen molar-refractivity contribution in [3.8, 4) is 11.8 Å². The van der Waals surface area contributed by atoms with Crippen LogP contribution in [0.3, 0.4) is 0 Å². The molecule has 0 bridgehead atoms. The molecule has 210 valence electrons. The molecule has 0 saturated carbocycles. The van der Waals surface area contributed by atoms with Gasteiger partial charge in [-0.25, -0.2) is 0 Å². The molecule has 2 aromatic carbocycles. The Morgan fingerprint density at radius 3 is 2.63 bits per heavy atom. The molecule has 0 radical (unpaired) electrons. The van der Waals surface area contributed by atoms with E-state index in [-0.39, 0.29) is 43.9 Å². The van der Waals surface area contributed by atoms with Crippen LogP contribution in [0.4, 0.5) is 10.8 Å². The number of hydrogen-bond donors (Lipinski definition) is 2. The molecule has 2 aliphatic rings. The molecule has 1 unspecified atom stereocenters. The predicted octanol–water partition coefficient (Wildman–Crippen LogP) is 6.54. The number of thioether (sulfide) groups is 1. The maximum Gasteiger partial charge on any atom is 0.234 e. The molecule has 3 aromatic rings. The third kappa shape index (κ3) is 5.89. The van der Waals surface area contributed by atoms with Gasteiger partial charge in [0, 0.05) is 17.7 Å². The average molecular weight is 648 g/mol. The van der Waals surface area contributed by atoms with E-state index in [1.165, 1.54) is 35.2 Å². The molecule has 1 atom stereocenters. The van der Waals surface area contributed by atoms with Gasteiger partial charge < -0.3 is 15.8 Å². The Balaban J connectivity index is 1.40. The molecule has 2 heterocycles. The molecule has 0 spiro atoms. The SMILES string of the molecule is COc1ccc(C2C(C#N)=C(N)N(c3nnc(SCC(=O)Nc4cc(Cl)c(Cl)cc4Cl)s3)C3=C2C(=O)CCC3)cc1. The van der Waals surface area contributed by atoms with Crippen molar-refractivity contribution in [2.24, 2.45) is 5.73 Å². The van der Waals surface area contributed by atoms with Gasteiger partial charge in [-0.2, -0.15) is 5.26 Å². The van der Waals surface area contributed by atoms with E-state index >= 15 is 0 Å². The molecule has 14 heteroatoms. The summed E-state index contributed by atoms with van der Waals surface area (Å²) < 4.78 is 5.77. The number of nitrogens with one attached hydrogen (secondary N) is 1. The molecule has 0 saturated heterocycles. The fraction of sp³-hybridized carbons (Fsp3) is 0.222. The summed E-state index contributed by atoms with van der Waals surface area (Å²) in [6.07, 6.45) is 1.62. The standard InChI is InChI=1S/C27H21Cl3N6O3S2/c1-39-14-7-5-13(6-8-14)23-15(11-31)25(32)36(20-3-2-4-21(37)24(20)23)26-34-35-27(41-26)40-12-22(38)33-19-10-17(29)16(28)9-18(19)30/h5-10,23H,2-4,12,32H2,1H3,(H,33,38). The van der Waals surface area contributed by atoms with Crippen LogP contribution in [0.2, 0.25) is 15.1 Å². The Kier molecular flexibility index (Phi) is 8.77. The lowest BCUT2D eigenvalue weighted by Crippen LogP contribution is -2.38. The number of amides is 1. The van der Waals surface area contributed by atoms with Crippen molar-refractivity contribution in [3.63, 3.8) is 0 Å². The number of benzene rings is 2. The number of anilines is 2. The molecular weight excluding hydrogens is 627 g/mol. The van der Waals surface area contributed by atoms with Crippen LogP contribution in [0.5, 0.6) is 5.75 Å². The number of rotatable bonds is 7. The van der Waals surface area contributed by atoms with Gasteiger partial charge in [0.1, 0.15) is 11.6 Å². The van der Waals surface area contributed by atoms with Crippen molar-refractivity contribution >= 4 is 80.4 Å². The fourth-order valence-electron chi connectivity index (χ4n) is 4.72. The van der Waals surface area contributed by atoms with Gasteiger partial charge in [0.2, 0.25) is 11.0 Å². The Bertz CT molecular complexity index is 1650. The number of carbonyl (C=O) groups excluding carboxylic acids is 2. The number of nitriles is 1. The van der Waals surface area contributed by atoms with Crippen molar-refractivity contribution < 1.29 is 14.3 Å². The van der Waals surface area contributed by atoms with E-state index in [0.29, 0.717) is 51.4 Å². The molecular formula is C27H21Cl3N6O3S2. The highest BCUT2D eigenvalue weighted by atomic mass is 35.5. The number of allylic oxidation sites excluding steroid dienone is 3. The second kappa shape index (κ2) is 12.3. The lowest BCUT2D eigenvalue weighted by Gasteiger charge is -2.38. The summed E-state index contributed by atoms with van der Waals surface area (Å²) in [5, 5.41) is 22.6. The lowest BCUT2D eigenvalue weighted by molar-refractivity contribution is -0.116. The van der Waals surface area contributed by atoms with Crippen molar-refractivity contribution in [1.82, 2.24) is 10.2 Å². The van der Waals surface area contributed by atoms with Gasteiger partial charge in [-0.3, -0.25) is 14.5 Å². The van der Waals surface area contributed by atoms with Crippen molar-refractivity contribution in [3.05, 3.63) is 79.7 Å². The maximum absolute atomic E-state index is 13.3. The summed E-state index contributed by atoms with van der Waals surface area (Å²) in [5.41, 5.74) is 9.22. The second-order valence-corrected chi connectivity index (χ2v) is 12.4. The van der Waals surface area contributed by atoms with E-state index in [1.54, 1.807) is 24.1 Å². The van der Waals surface area contributed by atoms with Crippen molar-refractivity contribution in [1.29, 1.82) is 5.26 Å². The fourth-order valence-corrected chi connectivity index (χ4v) is 6.99. The highest BCUT2D eigenvalue weighted by Gasteiger charge is 2.41. The summed E-state index contributed by atoms with van der Waals surface area (Å²) in [6, 6.07) is 12.4. The van der Waals surface area contributed by atoms with Crippen LogP contribution in [0.25, 0.3) is 0 Å². The zero-order valence-corrected chi connectivity index (χ0v) is 25.3. The normalized spacial score (nSPS) is 16.9. The number of aromatic nitrogens is 2. The van der Waals surface area contributed by atoms with Gasteiger partial charge in [-0.15, -0.1) is 10.2 Å². The minimum absolute atomic E-state index is 0.0198. The van der Waals surface area contributed by atoms with Gasteiger partial charge in [-0.05, 0) is 42.7 Å². The number of halogens is 3. The first kappa shape index (κ1) is 29.2. The van der Waals surface area contributed by atoms with Crippen LogP contribution in [-0.2, 0) is 9.59 Å². The summed E-state index contributed by atoms with van der Waals surface area (Å²) in [5.74, 6) is -0.0784. The molecule has 1 amide bonds. The van der Waals surface area contributed by atoms with Gasteiger partial charge in [0.15, 0.2) is 10.1 Å². The quantitative estimate of drug-likeness (QED) is 0.216. The van der Waals surface area contributed by atoms with E-state index in [2.05, 4.69) is 21.6 Å². The van der Waals surface area contributed by atoms with Gasteiger partial charge in [0.05, 0.1) is 51.2 Å². The number of ketones is 1. The van der Waals surface area contributed by atoms with Crippen molar-refractivity contribution in [2.75, 3.05) is 23.1 Å². The third-order valence-electron chi connectivity index (χ3n) is 6.56. The molecule has 1 aromatic heterocycles. The number of methoxy groups -OCH3 is 1. The Labute approximate surface area is 258 Å².